The Bertz CT molecular complexity index is 473. The molecule has 0 aliphatic carbocycles. The van der Waals surface area contributed by atoms with E-state index in [-0.39, 0.29) is 23.9 Å². The summed E-state index contributed by atoms with van der Waals surface area (Å²) in [7, 11) is 0. The van der Waals surface area contributed by atoms with Crippen molar-refractivity contribution in [2.24, 2.45) is 16.6 Å². The first kappa shape index (κ1) is 13.9. The maximum absolute atomic E-state index is 11.4. The van der Waals surface area contributed by atoms with Crippen LogP contribution in [-0.2, 0) is 4.79 Å². The standard InChI is InChI=1S/C14H19N3OS/c1-9(2)12(13(15)18)17-14-16-11(8-19-14)10-6-4-3-5-7-10/h3-7,9,11-12H,8H2,1-2H3,(H2,15,18)(H,16,17). The van der Waals surface area contributed by atoms with Gasteiger partial charge in [0.1, 0.15) is 6.04 Å². The zero-order valence-electron chi connectivity index (χ0n) is 11.2. The predicted octanol–water partition coefficient (Wildman–Crippen LogP) is 1.93. The van der Waals surface area contributed by atoms with E-state index < -0.39 is 0 Å². The van der Waals surface area contributed by atoms with Crippen LogP contribution in [0.5, 0.6) is 0 Å². The summed E-state index contributed by atoms with van der Waals surface area (Å²) < 4.78 is 0. The first-order valence-electron chi connectivity index (χ1n) is 6.39. The summed E-state index contributed by atoms with van der Waals surface area (Å²) in [6.45, 7) is 3.94. The second-order valence-corrected chi connectivity index (χ2v) is 5.95. The molecule has 1 aromatic rings. The third-order valence-electron chi connectivity index (χ3n) is 3.09. The first-order chi connectivity index (χ1) is 9.08. The fourth-order valence-corrected chi connectivity index (χ4v) is 2.99. The van der Waals surface area contributed by atoms with Crippen molar-refractivity contribution < 1.29 is 4.79 Å². The first-order valence-corrected chi connectivity index (χ1v) is 7.38. The fourth-order valence-electron chi connectivity index (χ4n) is 2.00. The van der Waals surface area contributed by atoms with Crippen molar-refractivity contribution in [3.63, 3.8) is 0 Å². The Morgan fingerprint density at radius 2 is 2.11 bits per heavy atom. The zero-order chi connectivity index (χ0) is 13.8. The number of rotatable bonds is 4. The molecule has 4 nitrogen and oxygen atoms in total. The Hall–Kier alpha value is -1.49. The third-order valence-corrected chi connectivity index (χ3v) is 4.07. The number of carbonyl (C=O) groups is 1. The molecule has 2 unspecified atom stereocenters. The summed E-state index contributed by atoms with van der Waals surface area (Å²) in [4.78, 5) is 16.0. The maximum Gasteiger partial charge on any atom is 0.240 e. The molecular weight excluding hydrogens is 258 g/mol. The molecule has 2 rings (SSSR count). The van der Waals surface area contributed by atoms with Crippen LogP contribution >= 0.6 is 11.8 Å². The summed E-state index contributed by atoms with van der Waals surface area (Å²) in [5.41, 5.74) is 6.60. The maximum atomic E-state index is 11.4. The molecule has 0 saturated carbocycles. The Morgan fingerprint density at radius 3 is 2.68 bits per heavy atom. The van der Waals surface area contributed by atoms with E-state index in [0.29, 0.717) is 0 Å². The lowest BCUT2D eigenvalue weighted by Gasteiger charge is -2.19. The van der Waals surface area contributed by atoms with Crippen LogP contribution in [-0.4, -0.2) is 22.9 Å². The number of amidine groups is 1. The summed E-state index contributed by atoms with van der Waals surface area (Å²) in [6, 6.07) is 9.98. The van der Waals surface area contributed by atoms with Crippen molar-refractivity contribution >= 4 is 22.8 Å². The molecule has 1 aliphatic heterocycles. The molecule has 0 fully saturated rings. The van der Waals surface area contributed by atoms with Crippen LogP contribution in [0.25, 0.3) is 0 Å². The second kappa shape index (κ2) is 6.10. The van der Waals surface area contributed by atoms with Gasteiger partial charge in [0.25, 0.3) is 0 Å². The number of amides is 1. The van der Waals surface area contributed by atoms with Crippen molar-refractivity contribution in [2.75, 3.05) is 5.75 Å². The van der Waals surface area contributed by atoms with E-state index in [1.165, 1.54) is 5.56 Å². The van der Waals surface area contributed by atoms with Crippen LogP contribution in [0.4, 0.5) is 0 Å². The fraction of sp³-hybridized carbons (Fsp3) is 0.429. The normalized spacial score (nSPS) is 20.2. The number of hydrogen-bond donors (Lipinski definition) is 2. The van der Waals surface area contributed by atoms with Crippen LogP contribution in [0.15, 0.2) is 35.3 Å². The monoisotopic (exact) mass is 277 g/mol. The smallest absolute Gasteiger partial charge is 0.240 e. The van der Waals surface area contributed by atoms with Crippen molar-refractivity contribution in [2.45, 2.75) is 25.9 Å². The lowest BCUT2D eigenvalue weighted by Crippen LogP contribution is -2.46. The van der Waals surface area contributed by atoms with Gasteiger partial charge in [0.15, 0.2) is 5.17 Å². The highest BCUT2D eigenvalue weighted by Gasteiger charge is 2.25. The molecule has 1 aromatic carbocycles. The van der Waals surface area contributed by atoms with E-state index >= 15 is 0 Å². The van der Waals surface area contributed by atoms with Gasteiger partial charge in [0.2, 0.25) is 5.91 Å². The topological polar surface area (TPSA) is 67.5 Å². The zero-order valence-corrected chi connectivity index (χ0v) is 12.0. The molecule has 0 aromatic heterocycles. The molecule has 1 heterocycles. The van der Waals surface area contributed by atoms with E-state index in [4.69, 9.17) is 5.73 Å². The Kier molecular flexibility index (Phi) is 4.47. The summed E-state index contributed by atoms with van der Waals surface area (Å²) in [5.74, 6) is 0.716. The minimum absolute atomic E-state index is 0.150. The van der Waals surface area contributed by atoms with Gasteiger partial charge in [-0.25, -0.2) is 0 Å². The van der Waals surface area contributed by atoms with Crippen LogP contribution in [0.1, 0.15) is 25.5 Å². The van der Waals surface area contributed by atoms with Gasteiger partial charge in [-0.05, 0) is 11.5 Å². The van der Waals surface area contributed by atoms with Crippen LogP contribution < -0.4 is 11.1 Å². The number of benzene rings is 1. The number of aliphatic imine (C=N–C) groups is 1. The molecule has 1 amide bonds. The van der Waals surface area contributed by atoms with E-state index in [2.05, 4.69) is 22.4 Å². The minimum atomic E-state index is -0.360. The van der Waals surface area contributed by atoms with Crippen molar-refractivity contribution in [3.05, 3.63) is 35.9 Å². The Labute approximate surface area is 117 Å². The molecule has 0 saturated heterocycles. The van der Waals surface area contributed by atoms with Gasteiger partial charge in [-0.3, -0.25) is 9.79 Å². The number of carbonyl (C=O) groups excluding carboxylic acids is 1. The van der Waals surface area contributed by atoms with Gasteiger partial charge in [0.05, 0.1) is 6.04 Å². The second-order valence-electron chi connectivity index (χ2n) is 4.94. The molecule has 0 spiro atoms. The number of hydrogen-bond acceptors (Lipinski definition) is 4. The SMILES string of the molecule is CC(C)C(NC1=NC(c2ccccc2)CS1)C(N)=O. The highest BCUT2D eigenvalue weighted by atomic mass is 32.2. The summed E-state index contributed by atoms with van der Waals surface area (Å²) in [6.07, 6.45) is 0. The van der Waals surface area contributed by atoms with Gasteiger partial charge < -0.3 is 11.1 Å². The van der Waals surface area contributed by atoms with Crippen LogP contribution in [0.2, 0.25) is 0 Å². The predicted molar refractivity (Wildman–Crippen MR) is 80.0 cm³/mol. The number of nitrogens with two attached hydrogens (primary N) is 1. The number of nitrogens with one attached hydrogen (secondary N) is 1. The number of primary amides is 1. The molecular formula is C14H19N3OS. The quantitative estimate of drug-likeness (QED) is 0.883. The van der Waals surface area contributed by atoms with E-state index in [1.807, 2.05) is 32.0 Å². The highest BCUT2D eigenvalue weighted by Crippen LogP contribution is 2.29. The Balaban J connectivity index is 2.05. The molecule has 102 valence electrons. The van der Waals surface area contributed by atoms with Crippen molar-refractivity contribution in [1.82, 2.24) is 5.32 Å². The van der Waals surface area contributed by atoms with Gasteiger partial charge in [-0.15, -0.1) is 0 Å². The molecule has 5 heteroatoms. The van der Waals surface area contributed by atoms with Crippen LogP contribution in [0, 0.1) is 5.92 Å². The summed E-state index contributed by atoms with van der Waals surface area (Å²) in [5, 5.41) is 3.96. The van der Waals surface area contributed by atoms with Crippen LogP contribution in [0.3, 0.4) is 0 Å². The average Bonchev–Trinajstić information content (AvgIpc) is 2.85. The minimum Gasteiger partial charge on any atom is -0.368 e. The summed E-state index contributed by atoms with van der Waals surface area (Å²) >= 11 is 1.64. The molecule has 1 aliphatic rings. The highest BCUT2D eigenvalue weighted by molar-refractivity contribution is 8.14. The van der Waals surface area contributed by atoms with Gasteiger partial charge >= 0.3 is 0 Å². The van der Waals surface area contributed by atoms with Gasteiger partial charge in [-0.1, -0.05) is 55.9 Å². The molecule has 0 bridgehead atoms. The third kappa shape index (κ3) is 3.50. The number of thioether (sulfide) groups is 1. The molecule has 0 radical (unpaired) electrons. The van der Waals surface area contributed by atoms with E-state index in [0.717, 1.165) is 10.9 Å². The molecule has 2 atom stereocenters. The van der Waals surface area contributed by atoms with Gasteiger partial charge in [-0.2, -0.15) is 0 Å². The van der Waals surface area contributed by atoms with E-state index in [1.54, 1.807) is 11.8 Å². The van der Waals surface area contributed by atoms with E-state index in [9.17, 15) is 4.79 Å². The average molecular weight is 277 g/mol. The van der Waals surface area contributed by atoms with Crippen molar-refractivity contribution in [1.29, 1.82) is 0 Å². The molecule has 3 N–H and O–H groups in total. The lowest BCUT2D eigenvalue weighted by atomic mass is 10.0. The van der Waals surface area contributed by atoms with Gasteiger partial charge in [0, 0.05) is 5.75 Å². The molecule has 19 heavy (non-hydrogen) atoms. The lowest BCUT2D eigenvalue weighted by molar-refractivity contribution is -0.120. The van der Waals surface area contributed by atoms with Crippen molar-refractivity contribution in [3.8, 4) is 0 Å². The largest absolute Gasteiger partial charge is 0.368 e. The Morgan fingerprint density at radius 1 is 1.42 bits per heavy atom. The number of nitrogens with zero attached hydrogens (tertiary/aromatic N) is 1.